The zero-order chi connectivity index (χ0) is 16.4. The van der Waals surface area contributed by atoms with Crippen LogP contribution in [0.5, 0.6) is 23.0 Å². The van der Waals surface area contributed by atoms with Crippen LogP contribution in [0, 0.1) is 0 Å². The van der Waals surface area contributed by atoms with E-state index in [1.807, 2.05) is 0 Å². The lowest BCUT2D eigenvalue weighted by molar-refractivity contribution is 0.0128. The van der Waals surface area contributed by atoms with Crippen LogP contribution in [-0.2, 0) is 11.2 Å². The molecule has 1 aliphatic heterocycles. The van der Waals surface area contributed by atoms with Crippen molar-refractivity contribution in [1.29, 1.82) is 0 Å². The van der Waals surface area contributed by atoms with Crippen LogP contribution in [-0.4, -0.2) is 36.0 Å². The van der Waals surface area contributed by atoms with Crippen LogP contribution < -0.4 is 9.47 Å². The van der Waals surface area contributed by atoms with Crippen molar-refractivity contribution < 1.29 is 29.2 Å². The van der Waals surface area contributed by atoms with Crippen molar-refractivity contribution in [2.24, 2.45) is 0 Å². The molecule has 0 amide bonds. The summed E-state index contributed by atoms with van der Waals surface area (Å²) < 4.78 is 15.9. The third kappa shape index (κ3) is 3.15. The van der Waals surface area contributed by atoms with Crippen LogP contribution in [0.2, 0.25) is 0 Å². The van der Waals surface area contributed by atoms with E-state index in [0.717, 1.165) is 0 Å². The summed E-state index contributed by atoms with van der Waals surface area (Å²) in [7, 11) is 1.55. The number of carbonyl (C=O) groups is 1. The molecule has 6 heteroatoms. The lowest BCUT2D eigenvalue weighted by atomic mass is 10.0. The first-order valence-electron chi connectivity index (χ1n) is 7.09. The monoisotopic (exact) mass is 316 g/mol. The Labute approximate surface area is 132 Å². The topological polar surface area (TPSA) is 85.2 Å². The lowest BCUT2D eigenvalue weighted by Crippen LogP contribution is -2.31. The minimum Gasteiger partial charge on any atom is -0.508 e. The Hall–Kier alpha value is -2.89. The van der Waals surface area contributed by atoms with Gasteiger partial charge in [0.25, 0.3) is 0 Å². The number of fused-ring (bicyclic) bond motifs is 1. The molecule has 2 aromatic carbocycles. The van der Waals surface area contributed by atoms with E-state index in [4.69, 9.17) is 14.2 Å². The lowest BCUT2D eigenvalue weighted by Gasteiger charge is -2.26. The normalized spacial score (nSPS) is 16.1. The fraction of sp³-hybridized carbons (Fsp3) is 0.235. The standard InChI is InChI=1S/C17H16O6/c1-21-12-4-2-10(3-5-12)17(20)23-13-8-14-15(19)6-11(18)7-16(14)22-9-13/h2-7,13,18-19H,8-9H2,1H3. The number of esters is 1. The Morgan fingerprint density at radius 2 is 1.96 bits per heavy atom. The van der Waals surface area contributed by atoms with Crippen molar-refractivity contribution in [3.63, 3.8) is 0 Å². The molecule has 1 unspecified atom stereocenters. The predicted octanol–water partition coefficient (Wildman–Crippen LogP) is 2.27. The van der Waals surface area contributed by atoms with Gasteiger partial charge in [-0.1, -0.05) is 0 Å². The van der Waals surface area contributed by atoms with Gasteiger partial charge in [-0.25, -0.2) is 4.79 Å². The maximum atomic E-state index is 12.1. The summed E-state index contributed by atoms with van der Waals surface area (Å²) in [6.45, 7) is 0.164. The first-order valence-corrected chi connectivity index (χ1v) is 7.09. The predicted molar refractivity (Wildman–Crippen MR) is 81.2 cm³/mol. The molecular formula is C17H16O6. The summed E-state index contributed by atoms with van der Waals surface area (Å²) in [5.41, 5.74) is 0.924. The van der Waals surface area contributed by atoms with Gasteiger partial charge < -0.3 is 24.4 Å². The number of carbonyl (C=O) groups excluding carboxylic acids is 1. The van der Waals surface area contributed by atoms with E-state index in [0.29, 0.717) is 29.0 Å². The van der Waals surface area contributed by atoms with E-state index in [-0.39, 0.29) is 18.1 Å². The quantitative estimate of drug-likeness (QED) is 0.845. The van der Waals surface area contributed by atoms with E-state index in [9.17, 15) is 15.0 Å². The number of benzene rings is 2. The Kier molecular flexibility index (Phi) is 3.97. The van der Waals surface area contributed by atoms with Crippen molar-refractivity contribution in [2.45, 2.75) is 12.5 Å². The highest BCUT2D eigenvalue weighted by Gasteiger charge is 2.26. The van der Waals surface area contributed by atoms with Crippen LogP contribution in [0.3, 0.4) is 0 Å². The maximum absolute atomic E-state index is 12.1. The van der Waals surface area contributed by atoms with Gasteiger partial charge in [0.15, 0.2) is 0 Å². The van der Waals surface area contributed by atoms with Gasteiger partial charge in [-0.05, 0) is 24.3 Å². The van der Waals surface area contributed by atoms with Gasteiger partial charge in [0.05, 0.1) is 12.7 Å². The molecule has 0 radical (unpaired) electrons. The second-order valence-electron chi connectivity index (χ2n) is 5.21. The minimum absolute atomic E-state index is 0.0741. The SMILES string of the molecule is COc1ccc(C(=O)OC2COc3cc(O)cc(O)c3C2)cc1. The Morgan fingerprint density at radius 3 is 2.65 bits per heavy atom. The highest BCUT2D eigenvalue weighted by molar-refractivity contribution is 5.89. The first kappa shape index (κ1) is 15.0. The van der Waals surface area contributed by atoms with E-state index in [1.54, 1.807) is 31.4 Å². The van der Waals surface area contributed by atoms with Crippen molar-refractivity contribution in [2.75, 3.05) is 13.7 Å². The number of hydrogen-bond acceptors (Lipinski definition) is 6. The Balaban J connectivity index is 1.70. The van der Waals surface area contributed by atoms with Gasteiger partial charge in [0.1, 0.15) is 35.7 Å². The van der Waals surface area contributed by atoms with Gasteiger partial charge in [-0.3, -0.25) is 0 Å². The van der Waals surface area contributed by atoms with Gasteiger partial charge in [0.2, 0.25) is 0 Å². The first-order chi connectivity index (χ1) is 11.1. The molecule has 23 heavy (non-hydrogen) atoms. The van der Waals surface area contributed by atoms with Crippen LogP contribution in [0.1, 0.15) is 15.9 Å². The second-order valence-corrected chi connectivity index (χ2v) is 5.21. The zero-order valence-electron chi connectivity index (χ0n) is 12.5. The number of aromatic hydroxyl groups is 2. The van der Waals surface area contributed by atoms with Crippen LogP contribution >= 0.6 is 0 Å². The molecule has 120 valence electrons. The van der Waals surface area contributed by atoms with Crippen LogP contribution in [0.4, 0.5) is 0 Å². The molecule has 6 nitrogen and oxygen atoms in total. The number of rotatable bonds is 3. The molecule has 0 saturated carbocycles. The van der Waals surface area contributed by atoms with Crippen LogP contribution in [0.25, 0.3) is 0 Å². The van der Waals surface area contributed by atoms with Crippen molar-refractivity contribution in [1.82, 2.24) is 0 Å². The number of hydrogen-bond donors (Lipinski definition) is 2. The van der Waals surface area contributed by atoms with E-state index < -0.39 is 12.1 Å². The number of phenols is 2. The smallest absolute Gasteiger partial charge is 0.338 e. The van der Waals surface area contributed by atoms with Crippen molar-refractivity contribution in [3.8, 4) is 23.0 Å². The van der Waals surface area contributed by atoms with E-state index in [2.05, 4.69) is 0 Å². The molecule has 2 N–H and O–H groups in total. The summed E-state index contributed by atoms with van der Waals surface area (Å²) in [6, 6.07) is 9.25. The molecule has 2 aromatic rings. The summed E-state index contributed by atoms with van der Waals surface area (Å²) >= 11 is 0. The fourth-order valence-corrected chi connectivity index (χ4v) is 2.44. The molecule has 0 aliphatic carbocycles. The van der Waals surface area contributed by atoms with Gasteiger partial charge >= 0.3 is 5.97 Å². The highest BCUT2D eigenvalue weighted by Crippen LogP contribution is 2.36. The second kappa shape index (κ2) is 6.08. The average molecular weight is 316 g/mol. The minimum atomic E-state index is -0.507. The summed E-state index contributed by atoms with van der Waals surface area (Å²) in [6.07, 6.45) is -0.184. The Bertz CT molecular complexity index is 723. The summed E-state index contributed by atoms with van der Waals surface area (Å²) in [4.78, 5) is 12.1. The third-order valence-corrected chi connectivity index (χ3v) is 3.63. The zero-order valence-corrected chi connectivity index (χ0v) is 12.5. The summed E-state index contributed by atoms with van der Waals surface area (Å²) in [5.74, 6) is 0.434. The molecule has 3 rings (SSSR count). The number of phenolic OH excluding ortho intramolecular Hbond substituents is 2. The highest BCUT2D eigenvalue weighted by atomic mass is 16.6. The molecule has 0 spiro atoms. The average Bonchev–Trinajstić information content (AvgIpc) is 2.55. The van der Waals surface area contributed by atoms with Crippen molar-refractivity contribution >= 4 is 5.97 Å². The molecule has 1 atom stereocenters. The molecular weight excluding hydrogens is 300 g/mol. The van der Waals surface area contributed by atoms with E-state index in [1.165, 1.54) is 12.1 Å². The van der Waals surface area contributed by atoms with Gasteiger partial charge in [0, 0.05) is 24.1 Å². The van der Waals surface area contributed by atoms with Crippen LogP contribution in [0.15, 0.2) is 36.4 Å². The molecule has 1 heterocycles. The maximum Gasteiger partial charge on any atom is 0.338 e. The summed E-state index contributed by atoms with van der Waals surface area (Å²) in [5, 5.41) is 19.3. The molecule has 0 fully saturated rings. The number of methoxy groups -OCH3 is 1. The third-order valence-electron chi connectivity index (χ3n) is 3.63. The van der Waals surface area contributed by atoms with Crippen molar-refractivity contribution in [3.05, 3.63) is 47.5 Å². The van der Waals surface area contributed by atoms with Gasteiger partial charge in [-0.2, -0.15) is 0 Å². The largest absolute Gasteiger partial charge is 0.508 e. The molecule has 1 aliphatic rings. The fourth-order valence-electron chi connectivity index (χ4n) is 2.44. The molecule has 0 bridgehead atoms. The van der Waals surface area contributed by atoms with E-state index >= 15 is 0 Å². The molecule has 0 aromatic heterocycles. The molecule has 0 saturated heterocycles. The van der Waals surface area contributed by atoms with Gasteiger partial charge in [-0.15, -0.1) is 0 Å². The Morgan fingerprint density at radius 1 is 1.22 bits per heavy atom. The number of ether oxygens (including phenoxy) is 3.